The lowest BCUT2D eigenvalue weighted by Gasteiger charge is -2.38. The quantitative estimate of drug-likeness (QED) is 0.913. The smallest absolute Gasteiger partial charge is 0.171 e. The summed E-state index contributed by atoms with van der Waals surface area (Å²) in [6.07, 6.45) is 5.37. The molecule has 0 aliphatic carbocycles. The zero-order valence-electron chi connectivity index (χ0n) is 14.4. The van der Waals surface area contributed by atoms with Crippen molar-refractivity contribution < 1.29 is 9.47 Å². The van der Waals surface area contributed by atoms with E-state index in [0.717, 1.165) is 49.0 Å². The highest BCUT2D eigenvalue weighted by Crippen LogP contribution is 2.33. The first-order valence-electron chi connectivity index (χ1n) is 8.74. The van der Waals surface area contributed by atoms with Crippen molar-refractivity contribution in [3.63, 3.8) is 0 Å². The van der Waals surface area contributed by atoms with Crippen LogP contribution in [0.4, 0.5) is 11.6 Å². The number of ether oxygens (including phenoxy) is 2. The van der Waals surface area contributed by atoms with Crippen LogP contribution in [0.1, 0.15) is 24.2 Å². The molecule has 7 heteroatoms. The predicted molar refractivity (Wildman–Crippen MR) is 94.4 cm³/mol. The summed E-state index contributed by atoms with van der Waals surface area (Å²) in [7, 11) is 0. The molecule has 25 heavy (non-hydrogen) atoms. The van der Waals surface area contributed by atoms with Gasteiger partial charge in [0.2, 0.25) is 0 Å². The molecule has 0 amide bonds. The number of nitrogens with one attached hydrogen (secondary N) is 1. The van der Waals surface area contributed by atoms with Gasteiger partial charge in [-0.1, -0.05) is 6.07 Å². The standard InChI is InChI=1S/C18H23N5O2/c1-14-21-16(20-13-15-3-2-6-19-12-15)11-17(22-14)23-7-4-18(5-8-23)24-9-10-25-18/h2-3,6,11-12H,4-5,7-10,13H2,1H3,(H,20,21,22). The molecule has 4 heterocycles. The fourth-order valence-electron chi connectivity index (χ4n) is 3.36. The summed E-state index contributed by atoms with van der Waals surface area (Å²) in [6, 6.07) is 5.99. The third-order valence-electron chi connectivity index (χ3n) is 4.68. The number of piperidine rings is 1. The molecule has 0 unspecified atom stereocenters. The Kier molecular flexibility index (Phi) is 4.50. The van der Waals surface area contributed by atoms with E-state index in [-0.39, 0.29) is 5.79 Å². The van der Waals surface area contributed by atoms with Crippen molar-refractivity contribution >= 4 is 11.6 Å². The van der Waals surface area contributed by atoms with Gasteiger partial charge in [0.1, 0.15) is 17.5 Å². The molecular weight excluding hydrogens is 318 g/mol. The second-order valence-corrected chi connectivity index (χ2v) is 6.47. The van der Waals surface area contributed by atoms with Gasteiger partial charge in [-0.25, -0.2) is 9.97 Å². The Labute approximate surface area is 147 Å². The van der Waals surface area contributed by atoms with E-state index >= 15 is 0 Å². The molecule has 4 rings (SSSR count). The molecular formula is C18H23N5O2. The third-order valence-corrected chi connectivity index (χ3v) is 4.68. The Hall–Kier alpha value is -2.25. The molecule has 0 atom stereocenters. The molecule has 2 aromatic rings. The normalized spacial score (nSPS) is 19.3. The zero-order valence-corrected chi connectivity index (χ0v) is 14.4. The highest BCUT2D eigenvalue weighted by Gasteiger charge is 2.40. The summed E-state index contributed by atoms with van der Waals surface area (Å²) >= 11 is 0. The first kappa shape index (κ1) is 16.2. The van der Waals surface area contributed by atoms with Gasteiger partial charge in [-0.2, -0.15) is 0 Å². The number of nitrogens with zero attached hydrogens (tertiary/aromatic N) is 4. The van der Waals surface area contributed by atoms with Gasteiger partial charge >= 0.3 is 0 Å². The Balaban J connectivity index is 1.43. The fraction of sp³-hybridized carbons (Fsp3) is 0.500. The van der Waals surface area contributed by atoms with Gasteiger partial charge in [-0.3, -0.25) is 4.98 Å². The van der Waals surface area contributed by atoms with Crippen molar-refractivity contribution in [1.29, 1.82) is 0 Å². The molecule has 2 aliphatic heterocycles. The molecule has 0 aromatic carbocycles. The monoisotopic (exact) mass is 341 g/mol. The molecule has 0 saturated carbocycles. The lowest BCUT2D eigenvalue weighted by atomic mass is 10.0. The van der Waals surface area contributed by atoms with E-state index in [1.165, 1.54) is 0 Å². The van der Waals surface area contributed by atoms with Crippen LogP contribution in [0.3, 0.4) is 0 Å². The maximum Gasteiger partial charge on any atom is 0.171 e. The molecule has 132 valence electrons. The van der Waals surface area contributed by atoms with E-state index in [4.69, 9.17) is 9.47 Å². The second kappa shape index (κ2) is 6.93. The summed E-state index contributed by atoms with van der Waals surface area (Å²) < 4.78 is 11.6. The number of aryl methyl sites for hydroxylation is 1. The number of hydrogen-bond acceptors (Lipinski definition) is 7. The van der Waals surface area contributed by atoms with E-state index in [1.807, 2.05) is 31.3 Å². The van der Waals surface area contributed by atoms with Gasteiger partial charge in [0.15, 0.2) is 5.79 Å². The van der Waals surface area contributed by atoms with Crippen molar-refractivity contribution in [2.24, 2.45) is 0 Å². The predicted octanol–water partition coefficient (Wildman–Crippen LogP) is 2.14. The molecule has 2 fully saturated rings. The van der Waals surface area contributed by atoms with Crippen molar-refractivity contribution in [3.8, 4) is 0 Å². The van der Waals surface area contributed by atoms with Crippen molar-refractivity contribution in [2.45, 2.75) is 32.1 Å². The summed E-state index contributed by atoms with van der Waals surface area (Å²) in [6.45, 7) is 5.77. The summed E-state index contributed by atoms with van der Waals surface area (Å²) in [5, 5.41) is 3.36. The van der Waals surface area contributed by atoms with Gasteiger partial charge in [-0.05, 0) is 18.6 Å². The van der Waals surface area contributed by atoms with Gasteiger partial charge < -0.3 is 19.7 Å². The Morgan fingerprint density at radius 1 is 1.20 bits per heavy atom. The van der Waals surface area contributed by atoms with E-state index in [9.17, 15) is 0 Å². The molecule has 2 aromatic heterocycles. The Bertz CT molecular complexity index is 709. The number of hydrogen-bond donors (Lipinski definition) is 1. The highest BCUT2D eigenvalue weighted by molar-refractivity contribution is 5.50. The summed E-state index contributed by atoms with van der Waals surface area (Å²) in [5.41, 5.74) is 1.12. The van der Waals surface area contributed by atoms with Crippen LogP contribution in [0, 0.1) is 6.92 Å². The van der Waals surface area contributed by atoms with Crippen LogP contribution in [-0.4, -0.2) is 47.0 Å². The van der Waals surface area contributed by atoms with Crippen LogP contribution in [0.5, 0.6) is 0 Å². The third kappa shape index (κ3) is 3.72. The number of aromatic nitrogens is 3. The van der Waals surface area contributed by atoms with Crippen LogP contribution >= 0.6 is 0 Å². The van der Waals surface area contributed by atoms with Crippen LogP contribution in [0.25, 0.3) is 0 Å². The highest BCUT2D eigenvalue weighted by atomic mass is 16.7. The summed E-state index contributed by atoms with van der Waals surface area (Å²) in [5.74, 6) is 2.19. The molecule has 2 saturated heterocycles. The lowest BCUT2D eigenvalue weighted by molar-refractivity contribution is -0.169. The minimum atomic E-state index is -0.361. The Morgan fingerprint density at radius 2 is 2.00 bits per heavy atom. The lowest BCUT2D eigenvalue weighted by Crippen LogP contribution is -2.45. The van der Waals surface area contributed by atoms with Crippen LogP contribution in [-0.2, 0) is 16.0 Å². The molecule has 1 spiro atoms. The average Bonchev–Trinajstić information content (AvgIpc) is 3.09. The van der Waals surface area contributed by atoms with Crippen molar-refractivity contribution in [1.82, 2.24) is 15.0 Å². The van der Waals surface area contributed by atoms with Crippen molar-refractivity contribution in [3.05, 3.63) is 42.0 Å². The van der Waals surface area contributed by atoms with Gasteiger partial charge in [-0.15, -0.1) is 0 Å². The maximum absolute atomic E-state index is 5.80. The first-order chi connectivity index (χ1) is 12.2. The molecule has 0 radical (unpaired) electrons. The number of pyridine rings is 1. The molecule has 0 bridgehead atoms. The molecule has 2 aliphatic rings. The van der Waals surface area contributed by atoms with E-state index in [1.54, 1.807) is 6.20 Å². The minimum absolute atomic E-state index is 0.361. The minimum Gasteiger partial charge on any atom is -0.366 e. The van der Waals surface area contributed by atoms with E-state index in [2.05, 4.69) is 25.2 Å². The van der Waals surface area contributed by atoms with Crippen LogP contribution < -0.4 is 10.2 Å². The van der Waals surface area contributed by atoms with Crippen molar-refractivity contribution in [2.75, 3.05) is 36.5 Å². The van der Waals surface area contributed by atoms with Crippen LogP contribution in [0.2, 0.25) is 0 Å². The SMILES string of the molecule is Cc1nc(NCc2cccnc2)cc(N2CCC3(CC2)OCCO3)n1. The van der Waals surface area contributed by atoms with E-state index < -0.39 is 0 Å². The van der Waals surface area contributed by atoms with Crippen LogP contribution in [0.15, 0.2) is 30.6 Å². The largest absolute Gasteiger partial charge is 0.366 e. The fourth-order valence-corrected chi connectivity index (χ4v) is 3.36. The van der Waals surface area contributed by atoms with E-state index in [0.29, 0.717) is 19.8 Å². The second-order valence-electron chi connectivity index (χ2n) is 6.47. The first-order valence-corrected chi connectivity index (χ1v) is 8.74. The number of rotatable bonds is 4. The molecule has 1 N–H and O–H groups in total. The average molecular weight is 341 g/mol. The topological polar surface area (TPSA) is 72.4 Å². The van der Waals surface area contributed by atoms with Gasteiger partial charge in [0.05, 0.1) is 13.2 Å². The van der Waals surface area contributed by atoms with Gasteiger partial charge in [0, 0.05) is 50.9 Å². The maximum atomic E-state index is 5.80. The van der Waals surface area contributed by atoms with Gasteiger partial charge in [0.25, 0.3) is 0 Å². The summed E-state index contributed by atoms with van der Waals surface area (Å²) in [4.78, 5) is 15.5. The zero-order chi connectivity index (χ0) is 17.1. The number of anilines is 2. The Morgan fingerprint density at radius 3 is 2.72 bits per heavy atom. The molecule has 7 nitrogen and oxygen atoms in total.